The van der Waals surface area contributed by atoms with Crippen molar-refractivity contribution in [3.8, 4) is 0 Å². The van der Waals surface area contributed by atoms with Crippen LogP contribution in [0.1, 0.15) is 20.8 Å². The van der Waals surface area contributed by atoms with E-state index in [-0.39, 0.29) is 5.91 Å². The minimum absolute atomic E-state index is 0.0493. The van der Waals surface area contributed by atoms with Gasteiger partial charge in [-0.1, -0.05) is 12.1 Å². The normalized spacial score (nSPS) is 10.2. The monoisotopic (exact) mass is 263 g/mol. The van der Waals surface area contributed by atoms with E-state index in [1.54, 1.807) is 17.4 Å². The van der Waals surface area contributed by atoms with E-state index in [2.05, 4.69) is 17.9 Å². The van der Waals surface area contributed by atoms with Crippen LogP contribution in [0.15, 0.2) is 40.6 Å². The van der Waals surface area contributed by atoms with Crippen molar-refractivity contribution in [2.45, 2.75) is 18.4 Å². The molecule has 0 unspecified atom stereocenters. The number of rotatable bonds is 3. The summed E-state index contributed by atoms with van der Waals surface area (Å²) >= 11 is 5.88. The highest BCUT2D eigenvalue weighted by Crippen LogP contribution is 2.14. The number of amides is 1. The maximum atomic E-state index is 12.0. The summed E-state index contributed by atoms with van der Waals surface area (Å²) in [4.78, 5) is 13.9. The van der Waals surface area contributed by atoms with E-state index in [1.807, 2.05) is 36.6 Å². The Bertz CT molecular complexity index is 520. The molecule has 0 fully saturated rings. The SMILES string of the molecule is Cc1ccc(S)cc1C(=O)NCc1cccs1. The van der Waals surface area contributed by atoms with Gasteiger partial charge in [-0.05, 0) is 36.1 Å². The summed E-state index contributed by atoms with van der Waals surface area (Å²) in [6, 6.07) is 9.57. The lowest BCUT2D eigenvalue weighted by atomic mass is 10.1. The van der Waals surface area contributed by atoms with Gasteiger partial charge in [0, 0.05) is 15.3 Å². The van der Waals surface area contributed by atoms with E-state index < -0.39 is 0 Å². The average Bonchev–Trinajstić information content (AvgIpc) is 2.82. The Morgan fingerprint density at radius 1 is 1.41 bits per heavy atom. The van der Waals surface area contributed by atoms with Gasteiger partial charge in [0.15, 0.2) is 0 Å². The summed E-state index contributed by atoms with van der Waals surface area (Å²) < 4.78 is 0. The first kappa shape index (κ1) is 12.2. The van der Waals surface area contributed by atoms with E-state index in [9.17, 15) is 4.79 Å². The van der Waals surface area contributed by atoms with Gasteiger partial charge in [-0.2, -0.15) is 0 Å². The van der Waals surface area contributed by atoms with E-state index in [0.717, 1.165) is 15.3 Å². The van der Waals surface area contributed by atoms with Crippen molar-refractivity contribution in [2.24, 2.45) is 0 Å². The van der Waals surface area contributed by atoms with Crippen molar-refractivity contribution < 1.29 is 4.79 Å². The van der Waals surface area contributed by atoms with Crippen LogP contribution in [0.25, 0.3) is 0 Å². The second-order valence-corrected chi connectivity index (χ2v) is 5.31. The molecule has 1 aromatic carbocycles. The van der Waals surface area contributed by atoms with Crippen molar-refractivity contribution in [1.29, 1.82) is 0 Å². The third-order valence-electron chi connectivity index (χ3n) is 2.47. The smallest absolute Gasteiger partial charge is 0.251 e. The maximum Gasteiger partial charge on any atom is 0.251 e. The van der Waals surface area contributed by atoms with Gasteiger partial charge in [-0.25, -0.2) is 0 Å². The fraction of sp³-hybridized carbons (Fsp3) is 0.154. The Balaban J connectivity index is 2.07. The van der Waals surface area contributed by atoms with Gasteiger partial charge < -0.3 is 5.32 Å². The van der Waals surface area contributed by atoms with E-state index in [1.165, 1.54) is 0 Å². The molecule has 0 saturated carbocycles. The summed E-state index contributed by atoms with van der Waals surface area (Å²) in [5.41, 5.74) is 1.65. The fourth-order valence-corrected chi connectivity index (χ4v) is 2.38. The molecule has 2 nitrogen and oxygen atoms in total. The quantitative estimate of drug-likeness (QED) is 0.818. The van der Waals surface area contributed by atoms with Crippen molar-refractivity contribution in [2.75, 3.05) is 0 Å². The third kappa shape index (κ3) is 3.11. The fourth-order valence-electron chi connectivity index (χ4n) is 1.53. The van der Waals surface area contributed by atoms with Gasteiger partial charge in [0.25, 0.3) is 5.91 Å². The molecule has 88 valence electrons. The standard InChI is InChI=1S/C13H13NOS2/c1-9-4-5-10(16)7-12(9)13(15)14-8-11-3-2-6-17-11/h2-7,16H,8H2,1H3,(H,14,15). The number of benzene rings is 1. The third-order valence-corrected chi connectivity index (χ3v) is 3.62. The van der Waals surface area contributed by atoms with Crippen molar-refractivity contribution >= 4 is 29.9 Å². The minimum Gasteiger partial charge on any atom is -0.347 e. The van der Waals surface area contributed by atoms with Gasteiger partial charge >= 0.3 is 0 Å². The number of thiol groups is 1. The molecule has 0 bridgehead atoms. The number of hydrogen-bond acceptors (Lipinski definition) is 3. The Kier molecular flexibility index (Phi) is 3.86. The lowest BCUT2D eigenvalue weighted by Gasteiger charge is -2.07. The lowest BCUT2D eigenvalue weighted by Crippen LogP contribution is -2.23. The summed E-state index contributed by atoms with van der Waals surface area (Å²) in [6.45, 7) is 2.50. The summed E-state index contributed by atoms with van der Waals surface area (Å²) in [7, 11) is 0. The highest BCUT2D eigenvalue weighted by atomic mass is 32.1. The Labute approximate surface area is 110 Å². The van der Waals surface area contributed by atoms with E-state index in [4.69, 9.17) is 0 Å². The zero-order valence-corrected chi connectivity index (χ0v) is 11.1. The molecule has 2 rings (SSSR count). The number of carbonyl (C=O) groups excluding carboxylic acids is 1. The molecule has 1 amide bonds. The molecule has 1 heterocycles. The van der Waals surface area contributed by atoms with Crippen LogP contribution in [0, 0.1) is 6.92 Å². The van der Waals surface area contributed by atoms with E-state index >= 15 is 0 Å². The van der Waals surface area contributed by atoms with Crippen LogP contribution in [0.5, 0.6) is 0 Å². The van der Waals surface area contributed by atoms with Crippen LogP contribution in [0.4, 0.5) is 0 Å². The van der Waals surface area contributed by atoms with Crippen LogP contribution in [0.3, 0.4) is 0 Å². The zero-order valence-electron chi connectivity index (χ0n) is 9.43. The zero-order chi connectivity index (χ0) is 12.3. The highest BCUT2D eigenvalue weighted by Gasteiger charge is 2.08. The van der Waals surface area contributed by atoms with Gasteiger partial charge in [0.1, 0.15) is 0 Å². The second-order valence-electron chi connectivity index (χ2n) is 3.76. The minimum atomic E-state index is -0.0493. The molecule has 0 atom stereocenters. The maximum absolute atomic E-state index is 12.0. The number of thiophene rings is 1. The Morgan fingerprint density at radius 2 is 2.24 bits per heavy atom. The molecule has 1 aromatic heterocycles. The molecule has 1 N–H and O–H groups in total. The van der Waals surface area contributed by atoms with Crippen LogP contribution >= 0.6 is 24.0 Å². The number of hydrogen-bond donors (Lipinski definition) is 2. The Morgan fingerprint density at radius 3 is 2.94 bits per heavy atom. The van der Waals surface area contributed by atoms with Gasteiger partial charge in [0.05, 0.1) is 6.54 Å². The molecule has 17 heavy (non-hydrogen) atoms. The predicted octanol–water partition coefficient (Wildman–Crippen LogP) is 3.28. The summed E-state index contributed by atoms with van der Waals surface area (Å²) in [5, 5.41) is 4.91. The predicted molar refractivity (Wildman–Crippen MR) is 73.9 cm³/mol. The molecule has 0 spiro atoms. The van der Waals surface area contributed by atoms with Crippen molar-refractivity contribution in [1.82, 2.24) is 5.32 Å². The first-order valence-electron chi connectivity index (χ1n) is 5.27. The van der Waals surface area contributed by atoms with Crippen molar-refractivity contribution in [3.05, 3.63) is 51.7 Å². The molecule has 0 radical (unpaired) electrons. The number of nitrogens with one attached hydrogen (secondary N) is 1. The molecule has 0 aliphatic carbocycles. The molecule has 2 aromatic rings. The largest absolute Gasteiger partial charge is 0.347 e. The molecule has 0 saturated heterocycles. The topological polar surface area (TPSA) is 29.1 Å². The molecule has 4 heteroatoms. The highest BCUT2D eigenvalue weighted by molar-refractivity contribution is 7.80. The summed E-state index contributed by atoms with van der Waals surface area (Å²) in [5.74, 6) is -0.0493. The molecular formula is C13H13NOS2. The second kappa shape index (κ2) is 5.38. The Hall–Kier alpha value is -1.26. The average molecular weight is 263 g/mol. The van der Waals surface area contributed by atoms with Crippen LogP contribution in [-0.2, 0) is 6.54 Å². The first-order valence-corrected chi connectivity index (χ1v) is 6.59. The lowest BCUT2D eigenvalue weighted by molar-refractivity contribution is 0.0950. The van der Waals surface area contributed by atoms with Crippen LogP contribution in [0.2, 0.25) is 0 Å². The molecule has 0 aliphatic rings. The van der Waals surface area contributed by atoms with Crippen molar-refractivity contribution in [3.63, 3.8) is 0 Å². The van der Waals surface area contributed by atoms with Gasteiger partial charge in [0.2, 0.25) is 0 Å². The van der Waals surface area contributed by atoms with Gasteiger partial charge in [-0.15, -0.1) is 24.0 Å². The van der Waals surface area contributed by atoms with Crippen LogP contribution < -0.4 is 5.32 Å². The molecule has 0 aliphatic heterocycles. The van der Waals surface area contributed by atoms with Gasteiger partial charge in [-0.3, -0.25) is 4.79 Å². The summed E-state index contributed by atoms with van der Waals surface area (Å²) in [6.07, 6.45) is 0. The first-order chi connectivity index (χ1) is 8.16. The molecular weight excluding hydrogens is 250 g/mol. The van der Waals surface area contributed by atoms with E-state index in [0.29, 0.717) is 12.1 Å². The number of aryl methyl sites for hydroxylation is 1. The number of carbonyl (C=O) groups is 1. The van der Waals surface area contributed by atoms with Crippen LogP contribution in [-0.4, -0.2) is 5.91 Å².